The maximum absolute atomic E-state index is 13.1. The van der Waals surface area contributed by atoms with Gasteiger partial charge in [-0.15, -0.1) is 0 Å². The molecule has 156 valence electrons. The molecule has 0 aliphatic carbocycles. The molecular weight excluding hydrogens is 419 g/mol. The van der Waals surface area contributed by atoms with Gasteiger partial charge in [0.1, 0.15) is 5.76 Å². The molecule has 0 fully saturated rings. The van der Waals surface area contributed by atoms with Crippen molar-refractivity contribution in [3.8, 4) is 0 Å². The van der Waals surface area contributed by atoms with Gasteiger partial charge < -0.3 is 19.4 Å². The number of esters is 1. The van der Waals surface area contributed by atoms with E-state index in [1.807, 2.05) is 0 Å². The predicted molar refractivity (Wildman–Crippen MR) is 109 cm³/mol. The highest BCUT2D eigenvalue weighted by Gasteiger charge is 2.34. The molecule has 1 N–H and O–H groups in total. The van der Waals surface area contributed by atoms with Crippen molar-refractivity contribution in [3.63, 3.8) is 0 Å². The van der Waals surface area contributed by atoms with Gasteiger partial charge in [0, 0.05) is 23.5 Å². The molecule has 1 aromatic carbocycles. The van der Waals surface area contributed by atoms with Gasteiger partial charge in [-0.2, -0.15) is 0 Å². The number of hydrogen-bond acceptors (Lipinski definition) is 5. The third kappa shape index (κ3) is 5.98. The zero-order valence-electron chi connectivity index (χ0n) is 16.3. The normalized spacial score (nSPS) is 11.6. The van der Waals surface area contributed by atoms with Crippen LogP contribution in [0.1, 0.15) is 48.7 Å². The number of furan rings is 1. The molecule has 29 heavy (non-hydrogen) atoms. The Morgan fingerprint density at radius 1 is 1.14 bits per heavy atom. The maximum atomic E-state index is 13.1. The Hall–Kier alpha value is -2.51. The third-order valence-electron chi connectivity index (χ3n) is 4.01. The number of halogens is 2. The Labute approximate surface area is 178 Å². The smallest absolute Gasteiger partial charge is 0.333 e. The van der Waals surface area contributed by atoms with Crippen molar-refractivity contribution in [2.24, 2.45) is 0 Å². The molecule has 0 saturated carbocycles. The van der Waals surface area contributed by atoms with Crippen LogP contribution in [0.25, 0.3) is 0 Å². The topological polar surface area (TPSA) is 88.9 Å². The summed E-state index contributed by atoms with van der Waals surface area (Å²) in [6, 6.07) is 6.70. The summed E-state index contributed by atoms with van der Waals surface area (Å²) in [5.41, 5.74) is 0.432. The Balaban J connectivity index is 2.37. The Bertz CT molecular complexity index is 876. The van der Waals surface area contributed by atoms with Crippen LogP contribution in [0.15, 0.2) is 34.7 Å². The van der Waals surface area contributed by atoms with E-state index in [9.17, 15) is 14.4 Å². The second kappa shape index (κ2) is 10.3. The van der Waals surface area contributed by atoms with Crippen molar-refractivity contribution >= 4 is 41.0 Å². The number of carbonyl (C=O) groups excluding carboxylic acids is 3. The van der Waals surface area contributed by atoms with Crippen LogP contribution in [0, 0.1) is 0 Å². The second-order valence-electron chi connectivity index (χ2n) is 6.12. The summed E-state index contributed by atoms with van der Waals surface area (Å²) in [5.74, 6) is -0.876. The van der Waals surface area contributed by atoms with E-state index >= 15 is 0 Å². The third-order valence-corrected chi connectivity index (χ3v) is 4.44. The monoisotopic (exact) mass is 440 g/mol. The van der Waals surface area contributed by atoms with Crippen molar-refractivity contribution in [1.82, 2.24) is 10.2 Å². The van der Waals surface area contributed by atoms with Gasteiger partial charge in [0.2, 0.25) is 5.91 Å². The molecule has 2 aromatic rings. The predicted octanol–water partition coefficient (Wildman–Crippen LogP) is 3.99. The highest BCUT2D eigenvalue weighted by molar-refractivity contribution is 6.34. The Morgan fingerprint density at radius 3 is 2.34 bits per heavy atom. The van der Waals surface area contributed by atoms with E-state index in [0.29, 0.717) is 21.4 Å². The van der Waals surface area contributed by atoms with Crippen LogP contribution >= 0.6 is 23.2 Å². The fraction of sp³-hybridized carbons (Fsp3) is 0.350. The molecule has 9 heteroatoms. The van der Waals surface area contributed by atoms with Crippen molar-refractivity contribution in [2.75, 3.05) is 13.2 Å². The van der Waals surface area contributed by atoms with Crippen molar-refractivity contribution in [3.05, 3.63) is 57.5 Å². The molecule has 0 aliphatic heterocycles. The summed E-state index contributed by atoms with van der Waals surface area (Å²) < 4.78 is 10.7. The molecule has 0 aliphatic rings. The molecule has 1 atom stereocenters. The molecule has 1 aromatic heterocycles. The molecule has 2 amide bonds. The minimum absolute atomic E-state index is 0.0367. The molecular formula is C20H22Cl2N2O5. The number of likely N-dealkylation sites (N-methyl/N-ethyl adjacent to an activating group) is 1. The van der Waals surface area contributed by atoms with Gasteiger partial charge in [-0.25, -0.2) is 4.79 Å². The van der Waals surface area contributed by atoms with E-state index in [1.165, 1.54) is 24.0 Å². The lowest BCUT2D eigenvalue weighted by atomic mass is 10.0. The van der Waals surface area contributed by atoms with E-state index < -0.39 is 17.9 Å². The van der Waals surface area contributed by atoms with Gasteiger partial charge in [0.15, 0.2) is 11.8 Å². The quantitative estimate of drug-likeness (QED) is 0.626. The fourth-order valence-corrected chi connectivity index (χ4v) is 3.32. The van der Waals surface area contributed by atoms with Crippen LogP contribution in [-0.2, 0) is 20.9 Å². The standard InChI is InChI=1S/C20H22Cl2N2O5/c1-4-24(19(26)17-7-6-16(29-17)11-23-12(3)25)18(20(27)28-5-2)13-8-14(21)10-15(22)9-13/h6-10,18H,4-5,11H2,1-3H3,(H,23,25). The number of ether oxygens (including phenoxy) is 1. The van der Waals surface area contributed by atoms with E-state index in [1.54, 1.807) is 32.0 Å². The molecule has 0 bridgehead atoms. The van der Waals surface area contributed by atoms with Gasteiger partial charge >= 0.3 is 5.97 Å². The molecule has 0 saturated heterocycles. The van der Waals surface area contributed by atoms with Crippen molar-refractivity contribution < 1.29 is 23.5 Å². The van der Waals surface area contributed by atoms with Gasteiger partial charge in [-0.1, -0.05) is 23.2 Å². The zero-order valence-corrected chi connectivity index (χ0v) is 17.8. The first-order chi connectivity index (χ1) is 13.8. The maximum Gasteiger partial charge on any atom is 0.333 e. The number of amides is 2. The van der Waals surface area contributed by atoms with E-state index in [4.69, 9.17) is 32.4 Å². The summed E-state index contributed by atoms with van der Waals surface area (Å²) >= 11 is 12.2. The highest BCUT2D eigenvalue weighted by atomic mass is 35.5. The lowest BCUT2D eigenvalue weighted by Gasteiger charge is -2.29. The average Bonchev–Trinajstić information content (AvgIpc) is 3.12. The zero-order chi connectivity index (χ0) is 21.6. The number of benzene rings is 1. The first kappa shape index (κ1) is 22.8. The van der Waals surface area contributed by atoms with Crippen LogP contribution in [0.5, 0.6) is 0 Å². The number of nitrogens with zero attached hydrogens (tertiary/aromatic N) is 1. The minimum atomic E-state index is -1.05. The van der Waals surface area contributed by atoms with Crippen LogP contribution in [0.2, 0.25) is 10.0 Å². The number of carbonyl (C=O) groups is 3. The van der Waals surface area contributed by atoms with Crippen LogP contribution in [0.3, 0.4) is 0 Å². The summed E-state index contributed by atoms with van der Waals surface area (Å²) in [4.78, 5) is 38.2. The Morgan fingerprint density at radius 2 is 1.79 bits per heavy atom. The average molecular weight is 441 g/mol. The first-order valence-electron chi connectivity index (χ1n) is 9.03. The minimum Gasteiger partial charge on any atom is -0.464 e. The summed E-state index contributed by atoms with van der Waals surface area (Å²) in [6.45, 7) is 5.30. The molecule has 1 unspecified atom stereocenters. The van der Waals surface area contributed by atoms with Gasteiger partial charge in [0.25, 0.3) is 5.91 Å². The summed E-state index contributed by atoms with van der Waals surface area (Å²) in [5, 5.41) is 3.26. The van der Waals surface area contributed by atoms with Crippen LogP contribution in [-0.4, -0.2) is 35.8 Å². The fourth-order valence-electron chi connectivity index (χ4n) is 2.78. The molecule has 1 heterocycles. The Kier molecular flexibility index (Phi) is 8.10. The van der Waals surface area contributed by atoms with Gasteiger partial charge in [0.05, 0.1) is 13.2 Å². The first-order valence-corrected chi connectivity index (χ1v) is 9.79. The summed E-state index contributed by atoms with van der Waals surface area (Å²) in [6.07, 6.45) is 0. The van der Waals surface area contributed by atoms with Gasteiger partial charge in [-0.3, -0.25) is 9.59 Å². The van der Waals surface area contributed by atoms with Crippen molar-refractivity contribution in [1.29, 1.82) is 0 Å². The molecule has 2 rings (SSSR count). The lowest BCUT2D eigenvalue weighted by Crippen LogP contribution is -2.39. The highest BCUT2D eigenvalue weighted by Crippen LogP contribution is 2.30. The SMILES string of the molecule is CCOC(=O)C(c1cc(Cl)cc(Cl)c1)N(CC)C(=O)c1ccc(CNC(C)=O)o1. The van der Waals surface area contributed by atoms with E-state index in [-0.39, 0.29) is 31.4 Å². The van der Waals surface area contributed by atoms with E-state index in [2.05, 4.69) is 5.32 Å². The van der Waals surface area contributed by atoms with Crippen molar-refractivity contribution in [2.45, 2.75) is 33.4 Å². The summed E-state index contributed by atoms with van der Waals surface area (Å²) in [7, 11) is 0. The van der Waals surface area contributed by atoms with E-state index in [0.717, 1.165) is 0 Å². The molecule has 7 nitrogen and oxygen atoms in total. The van der Waals surface area contributed by atoms with Crippen LogP contribution < -0.4 is 5.32 Å². The van der Waals surface area contributed by atoms with Crippen LogP contribution in [0.4, 0.5) is 0 Å². The molecule has 0 spiro atoms. The largest absolute Gasteiger partial charge is 0.464 e. The number of rotatable bonds is 8. The van der Waals surface area contributed by atoms with Gasteiger partial charge in [-0.05, 0) is 49.7 Å². The second-order valence-corrected chi connectivity index (χ2v) is 7.00. The lowest BCUT2D eigenvalue weighted by molar-refractivity contribution is -0.148. The molecule has 0 radical (unpaired) electrons. The number of nitrogens with one attached hydrogen (secondary N) is 1. The number of hydrogen-bond donors (Lipinski definition) is 1.